The van der Waals surface area contributed by atoms with Gasteiger partial charge in [-0.2, -0.15) is 9.48 Å². The molecule has 2 unspecified atom stereocenters. The van der Waals surface area contributed by atoms with Crippen molar-refractivity contribution in [2.75, 3.05) is 0 Å². The molecule has 0 spiro atoms. The Balaban J connectivity index is 2.16. The summed E-state index contributed by atoms with van der Waals surface area (Å²) in [4.78, 5) is 4.40. The van der Waals surface area contributed by atoms with Crippen molar-refractivity contribution >= 4 is 11.5 Å². The van der Waals surface area contributed by atoms with Crippen LogP contribution >= 0.6 is 0 Å². The third kappa shape index (κ3) is 1.56. The van der Waals surface area contributed by atoms with Crippen LogP contribution in [0, 0.1) is 0 Å². The van der Waals surface area contributed by atoms with Crippen LogP contribution in [0.2, 0.25) is 0 Å². The van der Waals surface area contributed by atoms with Crippen molar-refractivity contribution in [2.24, 2.45) is 4.99 Å². The molecule has 0 saturated carbocycles. The maximum Gasteiger partial charge on any atom is 0.242 e. The molecule has 2 aliphatic heterocycles. The quantitative estimate of drug-likeness (QED) is 0.791. The van der Waals surface area contributed by atoms with Crippen LogP contribution < -0.4 is 4.48 Å². The van der Waals surface area contributed by atoms with Gasteiger partial charge in [-0.1, -0.05) is 18.2 Å². The second-order valence-electron chi connectivity index (χ2n) is 4.54. The smallest absolute Gasteiger partial charge is 0.242 e. The van der Waals surface area contributed by atoms with E-state index in [1.165, 1.54) is 0 Å². The van der Waals surface area contributed by atoms with Gasteiger partial charge in [0.05, 0.1) is 12.3 Å². The van der Waals surface area contributed by atoms with Gasteiger partial charge in [-0.3, -0.25) is 0 Å². The molecule has 90 valence electrons. The van der Waals surface area contributed by atoms with Crippen molar-refractivity contribution in [1.29, 1.82) is 0 Å². The molecule has 0 bridgehead atoms. The van der Waals surface area contributed by atoms with Crippen molar-refractivity contribution in [2.45, 2.75) is 13.0 Å². The summed E-state index contributed by atoms with van der Waals surface area (Å²) in [6.07, 6.45) is 9.30. The summed E-state index contributed by atoms with van der Waals surface area (Å²) in [6, 6.07) is 10.2. The van der Waals surface area contributed by atoms with Gasteiger partial charge < -0.3 is 5.11 Å². The van der Waals surface area contributed by atoms with Crippen molar-refractivity contribution in [3.8, 4) is 0 Å². The molecule has 0 saturated heterocycles. The second-order valence-corrected chi connectivity index (χ2v) is 4.54. The topological polar surface area (TPSA) is 32.6 Å². The minimum absolute atomic E-state index is 0.456. The number of aliphatic hydroxyl groups excluding tert-OH is 1. The molecule has 18 heavy (non-hydrogen) atoms. The molecule has 2 atom stereocenters. The Morgan fingerprint density at radius 1 is 1.17 bits per heavy atom. The lowest BCUT2D eigenvalue weighted by atomic mass is 10.1. The van der Waals surface area contributed by atoms with E-state index in [-0.39, 0.29) is 0 Å². The summed E-state index contributed by atoms with van der Waals surface area (Å²) in [7, 11) is 0. The van der Waals surface area contributed by atoms with Gasteiger partial charge in [0, 0.05) is 23.8 Å². The Hall–Kier alpha value is -1.97. The van der Waals surface area contributed by atoms with E-state index in [1.54, 1.807) is 6.92 Å². The molecule has 0 amide bonds. The van der Waals surface area contributed by atoms with Crippen LogP contribution in [0.4, 0.5) is 5.69 Å². The Morgan fingerprint density at radius 2 is 1.94 bits per heavy atom. The molecule has 2 aliphatic rings. The summed E-state index contributed by atoms with van der Waals surface area (Å²) in [5.41, 5.74) is 2.02. The molecule has 1 aromatic carbocycles. The highest BCUT2D eigenvalue weighted by molar-refractivity contribution is 6.07. The van der Waals surface area contributed by atoms with Crippen LogP contribution in [0.1, 0.15) is 6.92 Å². The first kappa shape index (κ1) is 11.1. The number of rotatable bonds is 2. The number of para-hydroxylation sites is 1. The van der Waals surface area contributed by atoms with Crippen molar-refractivity contribution in [3.63, 3.8) is 0 Å². The molecule has 3 nitrogen and oxygen atoms in total. The van der Waals surface area contributed by atoms with Crippen LogP contribution in [0.5, 0.6) is 0 Å². The molecule has 0 radical (unpaired) electrons. The standard InChI is InChI=1S/C15H15N2O/c1-12(18)13-7-8-15-16-9-10-17(15,11-13)14-5-3-2-4-6-14/h2-12,18H,1H3/q+1. The summed E-state index contributed by atoms with van der Waals surface area (Å²) < 4.78 is 0.456. The monoisotopic (exact) mass is 239 g/mol. The third-order valence-electron chi connectivity index (χ3n) is 3.33. The van der Waals surface area contributed by atoms with Crippen LogP contribution in [0.15, 0.2) is 71.6 Å². The maximum absolute atomic E-state index is 9.76. The Morgan fingerprint density at radius 3 is 2.67 bits per heavy atom. The van der Waals surface area contributed by atoms with Crippen molar-refractivity contribution in [3.05, 3.63) is 66.7 Å². The lowest BCUT2D eigenvalue weighted by Crippen LogP contribution is -2.43. The fraction of sp³-hybridized carbons (Fsp3) is 0.133. The summed E-state index contributed by atoms with van der Waals surface area (Å²) >= 11 is 0. The van der Waals surface area contributed by atoms with Crippen LogP contribution in [0.3, 0.4) is 0 Å². The van der Waals surface area contributed by atoms with Gasteiger partial charge in [0.2, 0.25) is 5.84 Å². The average molecular weight is 239 g/mol. The number of nitrogens with zero attached hydrogens (tertiary/aromatic N) is 2. The van der Waals surface area contributed by atoms with E-state index in [2.05, 4.69) is 17.1 Å². The van der Waals surface area contributed by atoms with E-state index in [1.807, 2.05) is 49.0 Å². The Kier molecular flexibility index (Phi) is 2.51. The lowest BCUT2D eigenvalue weighted by molar-refractivity contribution is 0.233. The van der Waals surface area contributed by atoms with Crippen LogP contribution in [-0.4, -0.2) is 17.0 Å². The van der Waals surface area contributed by atoms with Gasteiger partial charge >= 0.3 is 0 Å². The zero-order valence-electron chi connectivity index (χ0n) is 10.2. The number of quaternary nitrogens is 1. The highest BCUT2D eigenvalue weighted by atomic mass is 16.3. The van der Waals surface area contributed by atoms with E-state index >= 15 is 0 Å². The zero-order chi connectivity index (χ0) is 12.6. The predicted molar refractivity (Wildman–Crippen MR) is 73.7 cm³/mol. The summed E-state index contributed by atoms with van der Waals surface area (Å²) in [5, 5.41) is 9.76. The Labute approximate surface area is 106 Å². The van der Waals surface area contributed by atoms with Crippen LogP contribution in [-0.2, 0) is 0 Å². The number of hydrogen-bond acceptors (Lipinski definition) is 2. The maximum atomic E-state index is 9.76. The lowest BCUT2D eigenvalue weighted by Gasteiger charge is -2.30. The number of fused-ring (bicyclic) bond motifs is 1. The van der Waals surface area contributed by atoms with E-state index < -0.39 is 6.10 Å². The molecule has 2 heterocycles. The molecule has 3 rings (SSSR count). The first-order valence-electron chi connectivity index (χ1n) is 6.01. The molecular weight excluding hydrogens is 224 g/mol. The number of hydrogen-bond donors (Lipinski definition) is 1. The number of aliphatic hydroxyl groups is 1. The van der Waals surface area contributed by atoms with Crippen molar-refractivity contribution in [1.82, 2.24) is 4.48 Å². The highest BCUT2D eigenvalue weighted by Crippen LogP contribution is 2.33. The molecule has 0 aliphatic carbocycles. The molecule has 1 N–H and O–H groups in total. The molecule has 3 heteroatoms. The number of benzene rings is 1. The van der Waals surface area contributed by atoms with E-state index in [9.17, 15) is 5.11 Å². The first-order chi connectivity index (χ1) is 8.72. The second kappa shape index (κ2) is 4.05. The summed E-state index contributed by atoms with van der Waals surface area (Å²) in [5.74, 6) is 0.950. The highest BCUT2D eigenvalue weighted by Gasteiger charge is 2.38. The average Bonchev–Trinajstić information content (AvgIpc) is 2.83. The van der Waals surface area contributed by atoms with Crippen LogP contribution in [0.25, 0.3) is 0 Å². The molecular formula is C15H15N2O+. The third-order valence-corrected chi connectivity index (χ3v) is 3.33. The van der Waals surface area contributed by atoms with Crippen molar-refractivity contribution < 1.29 is 5.11 Å². The normalized spacial score (nSPS) is 26.6. The van der Waals surface area contributed by atoms with Gasteiger partial charge in [0.25, 0.3) is 0 Å². The molecule has 1 aromatic rings. The van der Waals surface area contributed by atoms with Gasteiger partial charge in [-0.25, -0.2) is 0 Å². The summed E-state index contributed by atoms with van der Waals surface area (Å²) in [6.45, 7) is 1.78. The van der Waals surface area contributed by atoms with E-state index in [4.69, 9.17) is 0 Å². The minimum atomic E-state index is -0.476. The van der Waals surface area contributed by atoms with Gasteiger partial charge in [0.1, 0.15) is 18.1 Å². The zero-order valence-corrected chi connectivity index (χ0v) is 10.2. The van der Waals surface area contributed by atoms with Gasteiger partial charge in [0.15, 0.2) is 0 Å². The van der Waals surface area contributed by atoms with Gasteiger partial charge in [-0.05, 0) is 13.0 Å². The fourth-order valence-electron chi connectivity index (χ4n) is 2.33. The first-order valence-corrected chi connectivity index (χ1v) is 6.01. The minimum Gasteiger partial charge on any atom is -0.388 e. The van der Waals surface area contributed by atoms with Gasteiger partial charge in [-0.15, -0.1) is 0 Å². The predicted octanol–water partition coefficient (Wildman–Crippen LogP) is 2.71. The number of amidine groups is 1. The van der Waals surface area contributed by atoms with E-state index in [0.29, 0.717) is 4.48 Å². The number of aliphatic imine (C=N–C) groups is 1. The molecule has 0 fully saturated rings. The Bertz CT molecular complexity index is 582. The largest absolute Gasteiger partial charge is 0.388 e. The fourth-order valence-corrected chi connectivity index (χ4v) is 2.33. The van der Waals surface area contributed by atoms with E-state index in [0.717, 1.165) is 17.1 Å². The molecule has 0 aromatic heterocycles. The SMILES string of the molecule is CC(O)C1=C[N+]2(c3ccccc3)C=CN=C2C=C1.